The molecule has 2 N–H and O–H groups in total. The van der Waals surface area contributed by atoms with Crippen LogP contribution in [0.3, 0.4) is 0 Å². The molecular weight excluding hydrogens is 216 g/mol. The maximum Gasteiger partial charge on any atom is 0.287 e. The topological polar surface area (TPSA) is 70.1 Å². The predicted octanol–water partition coefficient (Wildman–Crippen LogP) is 1.56. The summed E-state index contributed by atoms with van der Waals surface area (Å²) in [7, 11) is 0. The van der Waals surface area contributed by atoms with Crippen LogP contribution in [0.15, 0.2) is 48.0 Å². The third-order valence-corrected chi connectivity index (χ3v) is 2.27. The van der Waals surface area contributed by atoms with Crippen molar-refractivity contribution in [1.29, 1.82) is 0 Å². The first kappa shape index (κ1) is 11.1. The zero-order valence-corrected chi connectivity index (χ0v) is 9.34. The van der Waals surface area contributed by atoms with E-state index in [0.717, 1.165) is 11.3 Å². The number of carbonyl (C=O) groups is 1. The van der Waals surface area contributed by atoms with Gasteiger partial charge >= 0.3 is 0 Å². The van der Waals surface area contributed by atoms with Crippen molar-refractivity contribution in [2.45, 2.75) is 6.92 Å². The van der Waals surface area contributed by atoms with Gasteiger partial charge in [-0.3, -0.25) is 9.78 Å². The highest BCUT2D eigenvalue weighted by molar-refractivity contribution is 6.00. The minimum atomic E-state index is -0.261. The van der Waals surface area contributed by atoms with Crippen molar-refractivity contribution in [3.63, 3.8) is 0 Å². The van der Waals surface area contributed by atoms with Gasteiger partial charge in [0, 0.05) is 24.2 Å². The second-order valence-corrected chi connectivity index (χ2v) is 3.46. The maximum absolute atomic E-state index is 11.6. The number of hydrogen-bond acceptors (Lipinski definition) is 3. The zero-order chi connectivity index (χ0) is 12.1. The Hall–Kier alpha value is -2.43. The highest BCUT2D eigenvalue weighted by Gasteiger charge is 2.04. The first-order chi connectivity index (χ1) is 8.27. The van der Waals surface area contributed by atoms with Crippen molar-refractivity contribution in [2.75, 3.05) is 0 Å². The Morgan fingerprint density at radius 3 is 2.76 bits per heavy atom. The van der Waals surface area contributed by atoms with E-state index >= 15 is 0 Å². The van der Waals surface area contributed by atoms with Crippen molar-refractivity contribution in [2.24, 2.45) is 5.10 Å². The van der Waals surface area contributed by atoms with Gasteiger partial charge in [-0.1, -0.05) is 0 Å². The minimum Gasteiger partial charge on any atom is -0.357 e. The van der Waals surface area contributed by atoms with Gasteiger partial charge in [-0.25, -0.2) is 5.43 Å². The molecule has 0 spiro atoms. The van der Waals surface area contributed by atoms with Gasteiger partial charge in [-0.2, -0.15) is 5.10 Å². The number of rotatable bonds is 3. The number of H-pyrrole nitrogens is 1. The van der Waals surface area contributed by atoms with E-state index < -0.39 is 0 Å². The van der Waals surface area contributed by atoms with Gasteiger partial charge in [-0.05, 0) is 31.2 Å². The molecule has 17 heavy (non-hydrogen) atoms. The minimum absolute atomic E-state index is 0.261. The molecule has 86 valence electrons. The summed E-state index contributed by atoms with van der Waals surface area (Å²) < 4.78 is 0. The lowest BCUT2D eigenvalue weighted by atomic mass is 10.2. The fraction of sp³-hybridized carbons (Fsp3) is 0.0833. The van der Waals surface area contributed by atoms with Crippen molar-refractivity contribution in [3.05, 3.63) is 54.1 Å². The van der Waals surface area contributed by atoms with Crippen molar-refractivity contribution >= 4 is 11.6 Å². The van der Waals surface area contributed by atoms with Crippen LogP contribution in [0.5, 0.6) is 0 Å². The second-order valence-electron chi connectivity index (χ2n) is 3.46. The Morgan fingerprint density at radius 2 is 2.12 bits per heavy atom. The van der Waals surface area contributed by atoms with Gasteiger partial charge in [0.2, 0.25) is 0 Å². The summed E-state index contributed by atoms with van der Waals surface area (Å²) in [6, 6.07) is 7.11. The summed E-state index contributed by atoms with van der Waals surface area (Å²) in [5.41, 5.74) is 4.62. The van der Waals surface area contributed by atoms with Crippen LogP contribution in [-0.2, 0) is 0 Å². The quantitative estimate of drug-likeness (QED) is 0.618. The third-order valence-electron chi connectivity index (χ3n) is 2.27. The van der Waals surface area contributed by atoms with E-state index in [9.17, 15) is 4.79 Å². The number of nitrogens with one attached hydrogen (secondary N) is 2. The van der Waals surface area contributed by atoms with Crippen LogP contribution in [0.4, 0.5) is 0 Å². The summed E-state index contributed by atoms with van der Waals surface area (Å²) in [6.07, 6.45) is 5.05. The van der Waals surface area contributed by atoms with Gasteiger partial charge < -0.3 is 4.98 Å². The molecule has 0 aromatic carbocycles. The summed E-state index contributed by atoms with van der Waals surface area (Å²) in [5, 5.41) is 4.02. The lowest BCUT2D eigenvalue weighted by Gasteiger charge is -2.01. The van der Waals surface area contributed by atoms with E-state index in [2.05, 4.69) is 20.5 Å². The van der Waals surface area contributed by atoms with Gasteiger partial charge in [-0.15, -0.1) is 0 Å². The van der Waals surface area contributed by atoms with Gasteiger partial charge in [0.05, 0.1) is 5.71 Å². The van der Waals surface area contributed by atoms with Crippen LogP contribution < -0.4 is 5.43 Å². The lowest BCUT2D eigenvalue weighted by molar-refractivity contribution is 0.0950. The van der Waals surface area contributed by atoms with Crippen LogP contribution >= 0.6 is 0 Å². The van der Waals surface area contributed by atoms with E-state index in [1.807, 2.05) is 19.1 Å². The number of pyridine rings is 1. The largest absolute Gasteiger partial charge is 0.357 e. The zero-order valence-electron chi connectivity index (χ0n) is 9.34. The summed E-state index contributed by atoms with van der Waals surface area (Å²) in [4.78, 5) is 18.3. The maximum atomic E-state index is 11.6. The number of hydrogen-bond donors (Lipinski definition) is 2. The Balaban J connectivity index is 2.04. The Morgan fingerprint density at radius 1 is 1.35 bits per heavy atom. The first-order valence-corrected chi connectivity index (χ1v) is 5.16. The summed E-state index contributed by atoms with van der Waals surface area (Å²) >= 11 is 0. The van der Waals surface area contributed by atoms with Gasteiger partial charge in [0.25, 0.3) is 5.91 Å². The Bertz CT molecular complexity index is 517. The third kappa shape index (κ3) is 2.78. The van der Waals surface area contributed by atoms with Crippen molar-refractivity contribution < 1.29 is 4.79 Å². The normalized spacial score (nSPS) is 11.2. The molecule has 0 bridgehead atoms. The summed E-state index contributed by atoms with van der Waals surface area (Å²) in [6.45, 7) is 1.82. The van der Waals surface area contributed by atoms with E-state index in [-0.39, 0.29) is 5.91 Å². The molecule has 5 nitrogen and oxygen atoms in total. The molecule has 0 aliphatic rings. The van der Waals surface area contributed by atoms with Crippen molar-refractivity contribution in [3.8, 4) is 0 Å². The molecule has 1 amide bonds. The molecule has 5 heteroatoms. The first-order valence-electron chi connectivity index (χ1n) is 5.16. The van der Waals surface area contributed by atoms with E-state index in [1.165, 1.54) is 0 Å². The number of nitrogens with zero attached hydrogens (tertiary/aromatic N) is 2. The van der Waals surface area contributed by atoms with Crippen LogP contribution in [0.1, 0.15) is 23.0 Å². The summed E-state index contributed by atoms with van der Waals surface area (Å²) in [5.74, 6) is -0.261. The van der Waals surface area contributed by atoms with Crippen LogP contribution in [0, 0.1) is 0 Å². The number of aromatic nitrogens is 2. The molecule has 0 aliphatic carbocycles. The number of aromatic amines is 1. The van der Waals surface area contributed by atoms with E-state index in [1.54, 1.807) is 30.7 Å². The molecule has 0 atom stereocenters. The predicted molar refractivity (Wildman–Crippen MR) is 64.7 cm³/mol. The molecule has 0 aliphatic heterocycles. The number of hydrazone groups is 1. The molecule has 2 aromatic heterocycles. The molecule has 0 saturated carbocycles. The van der Waals surface area contributed by atoms with Crippen LogP contribution in [0.2, 0.25) is 0 Å². The molecule has 0 unspecified atom stereocenters. The Kier molecular flexibility index (Phi) is 3.30. The second kappa shape index (κ2) is 5.07. The number of amides is 1. The van der Waals surface area contributed by atoms with Crippen LogP contribution in [0.25, 0.3) is 0 Å². The lowest BCUT2D eigenvalue weighted by Crippen LogP contribution is -2.19. The molecule has 0 radical (unpaired) electrons. The monoisotopic (exact) mass is 228 g/mol. The van der Waals surface area contributed by atoms with Crippen molar-refractivity contribution in [1.82, 2.24) is 15.4 Å². The standard InChI is InChI=1S/C12H12N4O/c1-9(10-4-7-13-8-5-10)15-16-12(17)11-3-2-6-14-11/h2-8,14H,1H3,(H,16,17)/b15-9-. The van der Waals surface area contributed by atoms with Crippen LogP contribution in [-0.4, -0.2) is 21.6 Å². The molecule has 2 aromatic rings. The molecule has 0 saturated heterocycles. The smallest absolute Gasteiger partial charge is 0.287 e. The highest BCUT2D eigenvalue weighted by atomic mass is 16.2. The Labute approximate surface area is 98.6 Å². The molecule has 2 rings (SSSR count). The average Bonchev–Trinajstić information content (AvgIpc) is 2.90. The fourth-order valence-corrected chi connectivity index (χ4v) is 1.32. The number of carbonyl (C=O) groups excluding carboxylic acids is 1. The van der Waals surface area contributed by atoms with Gasteiger partial charge in [0.15, 0.2) is 0 Å². The van der Waals surface area contributed by atoms with Gasteiger partial charge in [0.1, 0.15) is 5.69 Å². The SMILES string of the molecule is C/C(=N/NC(=O)c1ccc[nH]1)c1ccncc1. The highest BCUT2D eigenvalue weighted by Crippen LogP contribution is 1.99. The molecule has 0 fully saturated rings. The average molecular weight is 228 g/mol. The fourth-order valence-electron chi connectivity index (χ4n) is 1.32. The molecule has 2 heterocycles. The van der Waals surface area contributed by atoms with E-state index in [0.29, 0.717) is 5.69 Å². The molecular formula is C12H12N4O. The van der Waals surface area contributed by atoms with E-state index in [4.69, 9.17) is 0 Å².